The van der Waals surface area contributed by atoms with Crippen molar-refractivity contribution in [2.45, 2.75) is 25.7 Å². The Morgan fingerprint density at radius 3 is 1.80 bits per heavy atom. The minimum atomic E-state index is -0.691. The lowest BCUT2D eigenvalue weighted by atomic mass is 9.71. The van der Waals surface area contributed by atoms with E-state index in [4.69, 9.17) is 9.97 Å². The molecule has 214 valence electrons. The molecule has 0 bridgehead atoms. The molecule has 2 aliphatic carbocycles. The summed E-state index contributed by atoms with van der Waals surface area (Å²) in [5, 5.41) is 19.2. The number of nitriles is 2. The van der Waals surface area contributed by atoms with Crippen molar-refractivity contribution in [3.05, 3.63) is 148 Å². The van der Waals surface area contributed by atoms with Crippen molar-refractivity contribution in [2.75, 3.05) is 4.90 Å². The Balaban J connectivity index is 1.43. The van der Waals surface area contributed by atoms with Crippen molar-refractivity contribution in [1.29, 1.82) is 10.5 Å². The van der Waals surface area contributed by atoms with E-state index in [0.29, 0.717) is 6.42 Å². The quantitative estimate of drug-likeness (QED) is 0.198. The summed E-state index contributed by atoms with van der Waals surface area (Å²) in [4.78, 5) is 14.7. The van der Waals surface area contributed by atoms with Crippen molar-refractivity contribution >= 4 is 28.4 Å². The van der Waals surface area contributed by atoms with Gasteiger partial charge in [-0.2, -0.15) is 10.5 Å². The van der Waals surface area contributed by atoms with E-state index >= 15 is 0 Å². The van der Waals surface area contributed by atoms with Gasteiger partial charge in [0.05, 0.1) is 28.9 Å². The summed E-state index contributed by atoms with van der Waals surface area (Å²) in [5.74, 6) is -0.691. The molecule has 8 rings (SSSR count). The number of rotatable bonds is 5. The van der Waals surface area contributed by atoms with E-state index in [1.54, 1.807) is 11.3 Å². The van der Waals surface area contributed by atoms with Gasteiger partial charge < -0.3 is 4.90 Å². The summed E-state index contributed by atoms with van der Waals surface area (Å²) < 4.78 is 0. The van der Waals surface area contributed by atoms with Gasteiger partial charge in [0, 0.05) is 44.6 Å². The summed E-state index contributed by atoms with van der Waals surface area (Å²) in [5.41, 5.74) is 12.1. The van der Waals surface area contributed by atoms with Crippen molar-refractivity contribution < 1.29 is 0 Å². The molecule has 0 saturated heterocycles. The van der Waals surface area contributed by atoms with Crippen LogP contribution in [-0.4, -0.2) is 9.97 Å². The van der Waals surface area contributed by atoms with Gasteiger partial charge in [0.1, 0.15) is 5.92 Å². The highest BCUT2D eigenvalue weighted by Gasteiger charge is 2.54. The van der Waals surface area contributed by atoms with Crippen molar-refractivity contribution in [3.63, 3.8) is 0 Å². The lowest BCUT2D eigenvalue weighted by Gasteiger charge is -2.31. The maximum atomic E-state index is 9.59. The number of aromatic nitrogens is 2. The number of nitrogens with zero attached hydrogens (tertiary/aromatic N) is 5. The molecule has 45 heavy (non-hydrogen) atoms. The Bertz CT molecular complexity index is 2100. The Morgan fingerprint density at radius 1 is 0.667 bits per heavy atom. The highest BCUT2D eigenvalue weighted by atomic mass is 32.1. The number of para-hydroxylation sites is 2. The molecule has 6 aromatic rings. The molecule has 3 aromatic carbocycles. The van der Waals surface area contributed by atoms with E-state index in [-0.39, 0.29) is 0 Å². The molecule has 2 aliphatic rings. The standard InChI is InChI=1S/C39H27N5S/c1-24-13-17-32-36(42-24)37-33(18-14-25(2)43-37)39(32)34-20-29(44(27-9-5-3-6-10-27)28-11-7-4-8-12-28)15-16-31(34)38-35(39)21-30(45-38)19-26(22-40)23-41/h3-18,20-21,26H,19H2,1-2H3. The van der Waals surface area contributed by atoms with E-state index in [1.165, 1.54) is 16.0 Å². The van der Waals surface area contributed by atoms with Crippen LogP contribution in [-0.2, 0) is 11.8 Å². The third-order valence-corrected chi connectivity index (χ3v) is 10.1. The minimum absolute atomic E-state index is 0.405. The number of hydrogen-bond donors (Lipinski definition) is 0. The molecule has 0 aliphatic heterocycles. The van der Waals surface area contributed by atoms with Crippen LogP contribution < -0.4 is 4.90 Å². The normalized spacial score (nSPS) is 13.1. The minimum Gasteiger partial charge on any atom is -0.310 e. The van der Waals surface area contributed by atoms with E-state index in [1.807, 2.05) is 26.0 Å². The van der Waals surface area contributed by atoms with Gasteiger partial charge in [-0.1, -0.05) is 54.6 Å². The fourth-order valence-corrected chi connectivity index (χ4v) is 8.37. The fourth-order valence-electron chi connectivity index (χ4n) is 7.07. The number of hydrogen-bond acceptors (Lipinski definition) is 6. The van der Waals surface area contributed by atoms with Crippen molar-refractivity contribution in [1.82, 2.24) is 9.97 Å². The number of benzene rings is 3. The lowest BCUT2D eigenvalue weighted by molar-refractivity contribution is 0.785. The van der Waals surface area contributed by atoms with Crippen LogP contribution in [0.1, 0.15) is 38.5 Å². The molecule has 0 atom stereocenters. The summed E-state index contributed by atoms with van der Waals surface area (Å²) in [6, 6.07) is 42.9. The number of fused-ring (bicyclic) bond motifs is 10. The SMILES string of the molecule is Cc1ccc2c(n1)-c1nc(C)ccc1C21c2cc(N(c3ccccc3)c3ccccc3)ccc2-c2sc(CC(C#N)C#N)cc21. The molecule has 6 heteroatoms. The number of thiophene rings is 1. The smallest absolute Gasteiger partial charge is 0.138 e. The van der Waals surface area contributed by atoms with Crippen LogP contribution in [0.4, 0.5) is 17.1 Å². The molecule has 3 heterocycles. The van der Waals surface area contributed by atoms with Crippen LogP contribution in [0.25, 0.3) is 21.8 Å². The molecular weight excluding hydrogens is 571 g/mol. The topological polar surface area (TPSA) is 76.6 Å². The molecule has 3 aromatic heterocycles. The first-order valence-electron chi connectivity index (χ1n) is 15.0. The Morgan fingerprint density at radius 2 is 1.24 bits per heavy atom. The third-order valence-electron chi connectivity index (χ3n) is 8.94. The van der Waals surface area contributed by atoms with Gasteiger partial charge in [-0.15, -0.1) is 11.3 Å². The van der Waals surface area contributed by atoms with Gasteiger partial charge in [0.15, 0.2) is 0 Å². The molecular formula is C39H27N5S. The second-order valence-electron chi connectivity index (χ2n) is 11.7. The average molecular weight is 598 g/mol. The van der Waals surface area contributed by atoms with Gasteiger partial charge in [-0.3, -0.25) is 9.97 Å². The first-order valence-corrected chi connectivity index (χ1v) is 15.8. The third kappa shape index (κ3) is 3.97. The maximum Gasteiger partial charge on any atom is 0.138 e. The Hall–Kier alpha value is -5.56. The van der Waals surface area contributed by atoms with Gasteiger partial charge in [-0.05, 0) is 96.3 Å². The van der Waals surface area contributed by atoms with Gasteiger partial charge in [-0.25, -0.2) is 0 Å². The first-order chi connectivity index (χ1) is 22.0. The number of pyridine rings is 2. The fraction of sp³-hybridized carbons (Fsp3) is 0.128. The predicted molar refractivity (Wildman–Crippen MR) is 179 cm³/mol. The molecule has 0 saturated carbocycles. The van der Waals surface area contributed by atoms with Crippen molar-refractivity contribution in [3.8, 4) is 34.0 Å². The van der Waals surface area contributed by atoms with Crippen molar-refractivity contribution in [2.24, 2.45) is 5.92 Å². The van der Waals surface area contributed by atoms with Crippen LogP contribution >= 0.6 is 11.3 Å². The highest BCUT2D eigenvalue weighted by molar-refractivity contribution is 7.15. The summed E-state index contributed by atoms with van der Waals surface area (Å²) in [7, 11) is 0. The zero-order valence-electron chi connectivity index (χ0n) is 24.8. The van der Waals surface area contributed by atoms with Crippen LogP contribution in [0, 0.1) is 42.4 Å². The molecule has 0 unspecified atom stereocenters. The van der Waals surface area contributed by atoms with Gasteiger partial charge in [0.2, 0.25) is 0 Å². The second-order valence-corrected chi connectivity index (χ2v) is 12.8. The average Bonchev–Trinajstić information content (AvgIpc) is 3.69. The van der Waals surface area contributed by atoms with Crippen LogP contribution in [0.2, 0.25) is 0 Å². The van der Waals surface area contributed by atoms with Crippen LogP contribution in [0.3, 0.4) is 0 Å². The number of anilines is 3. The zero-order chi connectivity index (χ0) is 30.7. The summed E-state index contributed by atoms with van der Waals surface area (Å²) in [6.07, 6.45) is 0.405. The zero-order valence-corrected chi connectivity index (χ0v) is 25.6. The molecule has 0 radical (unpaired) electrons. The molecule has 1 spiro atoms. The monoisotopic (exact) mass is 597 g/mol. The summed E-state index contributed by atoms with van der Waals surface area (Å²) >= 11 is 1.69. The molecule has 0 fully saturated rings. The summed E-state index contributed by atoms with van der Waals surface area (Å²) in [6.45, 7) is 4.05. The van der Waals surface area contributed by atoms with Gasteiger partial charge in [0.25, 0.3) is 0 Å². The largest absolute Gasteiger partial charge is 0.310 e. The Labute approximate surface area is 266 Å². The van der Waals surface area contributed by atoms with E-state index in [2.05, 4.69) is 114 Å². The van der Waals surface area contributed by atoms with Crippen LogP contribution in [0.15, 0.2) is 109 Å². The first kappa shape index (κ1) is 27.0. The lowest BCUT2D eigenvalue weighted by Crippen LogP contribution is -2.26. The highest BCUT2D eigenvalue weighted by Crippen LogP contribution is 2.64. The van der Waals surface area contributed by atoms with E-state index < -0.39 is 11.3 Å². The van der Waals surface area contributed by atoms with Gasteiger partial charge >= 0.3 is 0 Å². The molecule has 0 N–H and O–H groups in total. The molecule has 0 amide bonds. The Kier molecular flexibility index (Phi) is 6.17. The number of aryl methyl sites for hydroxylation is 2. The maximum absolute atomic E-state index is 9.59. The van der Waals surface area contributed by atoms with Crippen LogP contribution in [0.5, 0.6) is 0 Å². The molecule has 5 nitrogen and oxygen atoms in total. The predicted octanol–water partition coefficient (Wildman–Crippen LogP) is 9.17. The van der Waals surface area contributed by atoms with E-state index in [0.717, 1.165) is 61.4 Å². The second kappa shape index (κ2) is 10.3. The van der Waals surface area contributed by atoms with E-state index in [9.17, 15) is 10.5 Å².